The summed E-state index contributed by atoms with van der Waals surface area (Å²) in [5.41, 5.74) is 1.40. The van der Waals surface area contributed by atoms with Crippen LogP contribution in [0.4, 0.5) is 8.78 Å². The molecule has 2 fully saturated rings. The number of halogens is 3. The summed E-state index contributed by atoms with van der Waals surface area (Å²) in [7, 11) is 1.57. The lowest BCUT2D eigenvalue weighted by Gasteiger charge is -2.47. The number of aliphatic hydroxyl groups is 1. The van der Waals surface area contributed by atoms with Crippen LogP contribution in [0.5, 0.6) is 5.75 Å². The van der Waals surface area contributed by atoms with E-state index in [2.05, 4.69) is 9.88 Å². The van der Waals surface area contributed by atoms with Gasteiger partial charge in [-0.2, -0.15) is 0 Å². The van der Waals surface area contributed by atoms with Gasteiger partial charge in [0.1, 0.15) is 17.4 Å². The Balaban J connectivity index is 1.22. The van der Waals surface area contributed by atoms with Crippen LogP contribution in [0.25, 0.3) is 10.9 Å². The summed E-state index contributed by atoms with van der Waals surface area (Å²) in [6, 6.07) is 9.44. The van der Waals surface area contributed by atoms with Crippen LogP contribution in [0, 0.1) is 23.5 Å². The van der Waals surface area contributed by atoms with Gasteiger partial charge >= 0.3 is 5.97 Å². The molecule has 2 heterocycles. The lowest BCUT2D eigenvalue weighted by Crippen LogP contribution is -2.52. The number of methoxy groups -OCH3 is 1. The molecule has 5 rings (SSSR count). The zero-order chi connectivity index (χ0) is 27.0. The fraction of sp³-hybridized carbons (Fsp3) is 0.448. The highest BCUT2D eigenvalue weighted by molar-refractivity contribution is 6.32. The third-order valence-electron chi connectivity index (χ3n) is 8.35. The second kappa shape index (κ2) is 11.1. The average molecular weight is 545 g/mol. The number of carboxylic acid groups (broad SMARTS) is 1. The third kappa shape index (κ3) is 5.22. The van der Waals surface area contributed by atoms with Crippen LogP contribution >= 0.6 is 11.6 Å². The molecule has 3 aromatic rings. The van der Waals surface area contributed by atoms with Gasteiger partial charge in [0.2, 0.25) is 0 Å². The van der Waals surface area contributed by atoms with Crippen molar-refractivity contribution in [2.45, 2.75) is 50.2 Å². The summed E-state index contributed by atoms with van der Waals surface area (Å²) in [5, 5.41) is 22.2. The number of aliphatic carboxylic acids is 1. The Morgan fingerprint density at radius 2 is 1.97 bits per heavy atom. The monoisotopic (exact) mass is 544 g/mol. The van der Waals surface area contributed by atoms with Crippen molar-refractivity contribution >= 4 is 28.5 Å². The number of piperidine rings is 1. The van der Waals surface area contributed by atoms with E-state index in [0.29, 0.717) is 65.9 Å². The van der Waals surface area contributed by atoms with Gasteiger partial charge in [-0.15, -0.1) is 0 Å². The molecule has 202 valence electrons. The zero-order valence-electron chi connectivity index (χ0n) is 21.1. The van der Waals surface area contributed by atoms with Gasteiger partial charge < -0.3 is 14.9 Å². The minimum absolute atomic E-state index is 0.0975. The van der Waals surface area contributed by atoms with Gasteiger partial charge in [-0.3, -0.25) is 14.7 Å². The number of fused-ring (bicyclic) bond motifs is 1. The molecule has 3 atom stereocenters. The molecule has 2 aromatic carbocycles. The predicted octanol–water partition coefficient (Wildman–Crippen LogP) is 5.96. The van der Waals surface area contributed by atoms with Crippen LogP contribution in [0.1, 0.15) is 55.3 Å². The Labute approximate surface area is 225 Å². The fourth-order valence-corrected chi connectivity index (χ4v) is 6.43. The van der Waals surface area contributed by atoms with E-state index in [1.54, 1.807) is 19.2 Å². The molecule has 0 radical (unpaired) electrons. The maximum atomic E-state index is 14.2. The highest BCUT2D eigenvalue weighted by Crippen LogP contribution is 2.44. The highest BCUT2D eigenvalue weighted by atomic mass is 35.5. The molecule has 0 amide bonds. The first kappa shape index (κ1) is 26.8. The number of rotatable bonds is 8. The zero-order valence-corrected chi connectivity index (χ0v) is 21.9. The molecule has 1 saturated heterocycles. The highest BCUT2D eigenvalue weighted by Gasteiger charge is 2.42. The van der Waals surface area contributed by atoms with Gasteiger partial charge in [-0.1, -0.05) is 17.7 Å². The van der Waals surface area contributed by atoms with Crippen LogP contribution in [-0.4, -0.2) is 52.3 Å². The molecule has 1 aromatic heterocycles. The summed E-state index contributed by atoms with van der Waals surface area (Å²) in [6.45, 7) is 1.11. The lowest BCUT2D eigenvalue weighted by molar-refractivity contribution is -0.147. The topological polar surface area (TPSA) is 82.9 Å². The first-order valence-electron chi connectivity index (χ1n) is 13.0. The summed E-state index contributed by atoms with van der Waals surface area (Å²) >= 11 is 6.44. The molecule has 2 N–H and O–H groups in total. The van der Waals surface area contributed by atoms with E-state index >= 15 is 0 Å². The molecule has 1 aliphatic carbocycles. The number of benzene rings is 2. The smallest absolute Gasteiger partial charge is 0.308 e. The normalized spacial score (nSPS) is 24.7. The summed E-state index contributed by atoms with van der Waals surface area (Å²) in [6.07, 6.45) is 3.45. The Hall–Kier alpha value is -2.81. The van der Waals surface area contributed by atoms with E-state index in [0.717, 1.165) is 6.54 Å². The van der Waals surface area contributed by atoms with Gasteiger partial charge in [0.15, 0.2) is 0 Å². The minimum Gasteiger partial charge on any atom is -0.497 e. The molecule has 6 nitrogen and oxygen atoms in total. The molecule has 9 heteroatoms. The Kier molecular flexibility index (Phi) is 7.84. The van der Waals surface area contributed by atoms with Crippen molar-refractivity contribution in [1.82, 2.24) is 9.88 Å². The maximum Gasteiger partial charge on any atom is 0.308 e. The number of likely N-dealkylation sites (tertiary alicyclic amines) is 1. The average Bonchev–Trinajstić information content (AvgIpc) is 2.87. The first-order chi connectivity index (χ1) is 18.3. The second-order valence-corrected chi connectivity index (χ2v) is 10.8. The predicted molar refractivity (Wildman–Crippen MR) is 140 cm³/mol. The number of hydrogen-bond acceptors (Lipinski definition) is 5. The molecular formula is C29H31ClF2N2O4. The van der Waals surface area contributed by atoms with Gasteiger partial charge in [-0.25, -0.2) is 8.78 Å². The molecule has 1 unspecified atom stereocenters. The molecule has 0 spiro atoms. The maximum absolute atomic E-state index is 14.2. The largest absolute Gasteiger partial charge is 0.497 e. The number of carboxylic acids is 1. The fourth-order valence-electron chi connectivity index (χ4n) is 6.15. The van der Waals surface area contributed by atoms with Crippen LogP contribution in [-0.2, 0) is 4.79 Å². The van der Waals surface area contributed by atoms with Gasteiger partial charge in [-0.05, 0) is 80.8 Å². The van der Waals surface area contributed by atoms with Crippen LogP contribution < -0.4 is 4.74 Å². The molecular weight excluding hydrogens is 514 g/mol. The number of ether oxygens (including phenoxy) is 1. The first-order valence-corrected chi connectivity index (χ1v) is 13.4. The van der Waals surface area contributed by atoms with Crippen LogP contribution in [0.2, 0.25) is 5.02 Å². The van der Waals surface area contributed by atoms with Crippen molar-refractivity contribution < 1.29 is 28.5 Å². The SMILES string of the molecule is COc1ccc2ncc(Cl)c(C(O)CC[C@@H]3CCN(C4CC(c5c(F)cccc5F)C4)C[C@@H]3C(=O)O)c2c1. The van der Waals surface area contributed by atoms with E-state index in [1.807, 2.05) is 6.07 Å². The number of hydrogen-bond donors (Lipinski definition) is 2. The van der Waals surface area contributed by atoms with Gasteiger partial charge in [0.05, 0.1) is 29.7 Å². The number of nitrogens with zero attached hydrogens (tertiary/aromatic N) is 2. The Bertz CT molecular complexity index is 1310. The van der Waals surface area contributed by atoms with Crippen LogP contribution in [0.3, 0.4) is 0 Å². The number of aliphatic hydroxyl groups excluding tert-OH is 1. The van der Waals surface area contributed by atoms with E-state index in [9.17, 15) is 23.8 Å². The van der Waals surface area contributed by atoms with E-state index in [4.69, 9.17) is 16.3 Å². The lowest BCUT2D eigenvalue weighted by atomic mass is 9.72. The molecule has 1 aliphatic heterocycles. The summed E-state index contributed by atoms with van der Waals surface area (Å²) in [5.74, 6) is -2.13. The second-order valence-electron chi connectivity index (χ2n) is 10.4. The van der Waals surface area contributed by atoms with E-state index in [-0.39, 0.29) is 23.4 Å². The standard InChI is InChI=1S/C29H31ClF2N2O4/c1-38-19-6-7-25-20(13-19)28(22(30)14-33-25)26(35)8-5-16-9-10-34(15-21(16)29(36)37)18-11-17(12-18)27-23(31)3-2-4-24(27)32/h2-4,6-7,13-14,16-18,21,26,35H,5,8-12,15H2,1H3,(H,36,37)/t16-,17?,18?,21+,26?/m1/s1. The van der Waals surface area contributed by atoms with Crippen LogP contribution in [0.15, 0.2) is 42.6 Å². The summed E-state index contributed by atoms with van der Waals surface area (Å²) < 4.78 is 33.6. The van der Waals surface area contributed by atoms with Crippen molar-refractivity contribution in [2.24, 2.45) is 11.8 Å². The Morgan fingerprint density at radius 3 is 2.66 bits per heavy atom. The van der Waals surface area contributed by atoms with E-state index < -0.39 is 29.6 Å². The number of pyridine rings is 1. The number of carbonyl (C=O) groups is 1. The Morgan fingerprint density at radius 1 is 1.24 bits per heavy atom. The summed E-state index contributed by atoms with van der Waals surface area (Å²) in [4.78, 5) is 18.7. The van der Waals surface area contributed by atoms with Gasteiger partial charge in [0, 0.05) is 35.3 Å². The van der Waals surface area contributed by atoms with Crippen molar-refractivity contribution in [3.63, 3.8) is 0 Å². The van der Waals surface area contributed by atoms with Crippen molar-refractivity contribution in [1.29, 1.82) is 0 Å². The number of aromatic nitrogens is 1. The van der Waals surface area contributed by atoms with E-state index in [1.165, 1.54) is 24.4 Å². The third-order valence-corrected chi connectivity index (χ3v) is 8.66. The quantitative estimate of drug-likeness (QED) is 0.364. The molecule has 38 heavy (non-hydrogen) atoms. The van der Waals surface area contributed by atoms with Crippen molar-refractivity contribution in [2.75, 3.05) is 20.2 Å². The molecule has 0 bridgehead atoms. The van der Waals surface area contributed by atoms with Gasteiger partial charge in [0.25, 0.3) is 0 Å². The van der Waals surface area contributed by atoms with Crippen molar-refractivity contribution in [3.05, 3.63) is 70.4 Å². The van der Waals surface area contributed by atoms with Crippen molar-refractivity contribution in [3.8, 4) is 5.75 Å². The molecule has 1 saturated carbocycles. The molecule has 2 aliphatic rings. The minimum atomic E-state index is -0.879.